The number of rotatable bonds is 4. The molecule has 2 rings (SSSR count). The van der Waals surface area contributed by atoms with Crippen molar-refractivity contribution in [3.05, 3.63) is 57.8 Å². The van der Waals surface area contributed by atoms with Gasteiger partial charge in [0.05, 0.1) is 7.11 Å². The highest BCUT2D eigenvalue weighted by Gasteiger charge is 2.24. The first-order valence-electron chi connectivity index (χ1n) is 6.83. The van der Waals surface area contributed by atoms with Gasteiger partial charge in [-0.15, -0.1) is 0 Å². The van der Waals surface area contributed by atoms with Gasteiger partial charge in [-0.25, -0.2) is 4.79 Å². The number of nitriles is 1. The van der Waals surface area contributed by atoms with Crippen LogP contribution in [-0.4, -0.2) is 19.0 Å². The van der Waals surface area contributed by atoms with Gasteiger partial charge < -0.3 is 9.15 Å². The lowest BCUT2D eigenvalue weighted by Crippen LogP contribution is -2.09. The number of carbonyl (C=O) groups is 2. The second-order valence-corrected chi connectivity index (χ2v) is 5.09. The Morgan fingerprint density at radius 1 is 1.38 bits per heavy atom. The highest BCUT2D eigenvalue weighted by atomic mass is 35.5. The van der Waals surface area contributed by atoms with Gasteiger partial charge in [0.25, 0.3) is 5.91 Å². The quantitative estimate of drug-likeness (QED) is 0.676. The van der Waals surface area contributed by atoms with Crippen LogP contribution >= 0.6 is 11.6 Å². The van der Waals surface area contributed by atoms with Gasteiger partial charge in [0, 0.05) is 11.1 Å². The minimum atomic E-state index is -0.708. The number of benzene rings is 1. The van der Waals surface area contributed by atoms with Crippen LogP contribution < -0.4 is 5.32 Å². The van der Waals surface area contributed by atoms with Gasteiger partial charge in [0.15, 0.2) is 0 Å². The van der Waals surface area contributed by atoms with Gasteiger partial charge in [0.2, 0.25) is 5.88 Å². The Kier molecular flexibility index (Phi) is 5.40. The molecular weight excluding hydrogens is 332 g/mol. The molecule has 0 aliphatic carbocycles. The molecular formula is C17H13ClN2O4. The molecule has 0 bridgehead atoms. The predicted molar refractivity (Wildman–Crippen MR) is 88.6 cm³/mol. The van der Waals surface area contributed by atoms with Gasteiger partial charge in [0.1, 0.15) is 23.0 Å². The van der Waals surface area contributed by atoms with Crippen LogP contribution in [0.4, 0.5) is 5.88 Å². The van der Waals surface area contributed by atoms with Gasteiger partial charge in [-0.2, -0.15) is 5.26 Å². The maximum Gasteiger partial charge on any atom is 0.342 e. The molecule has 0 spiro atoms. The van der Waals surface area contributed by atoms with Gasteiger partial charge >= 0.3 is 5.97 Å². The number of nitrogens with zero attached hydrogens (tertiary/aromatic N) is 1. The molecule has 0 saturated heterocycles. The molecule has 0 saturated carbocycles. The summed E-state index contributed by atoms with van der Waals surface area (Å²) in [5.41, 5.74) is 0.574. The van der Waals surface area contributed by atoms with Crippen LogP contribution in [0.25, 0.3) is 6.08 Å². The number of nitrogens with one attached hydrogen (secondary N) is 1. The average molecular weight is 345 g/mol. The van der Waals surface area contributed by atoms with Crippen LogP contribution in [0.15, 0.2) is 34.8 Å². The molecule has 0 radical (unpaired) electrons. The molecule has 1 N–H and O–H groups in total. The maximum absolute atomic E-state index is 12.0. The van der Waals surface area contributed by atoms with E-state index < -0.39 is 11.9 Å². The third-order valence-electron chi connectivity index (χ3n) is 3.14. The summed E-state index contributed by atoms with van der Waals surface area (Å²) in [6.07, 6.45) is 2.78. The summed E-state index contributed by atoms with van der Waals surface area (Å²) in [6, 6.07) is 8.85. The molecule has 2 aromatic rings. The van der Waals surface area contributed by atoms with E-state index >= 15 is 0 Å². The molecule has 24 heavy (non-hydrogen) atoms. The fourth-order valence-electron chi connectivity index (χ4n) is 2.02. The smallest absolute Gasteiger partial charge is 0.342 e. The van der Waals surface area contributed by atoms with E-state index in [0.717, 1.165) is 0 Å². The van der Waals surface area contributed by atoms with Crippen molar-refractivity contribution in [2.45, 2.75) is 6.92 Å². The first kappa shape index (κ1) is 17.3. The SMILES string of the molecule is COC(=O)c1c(C)oc(NC(=O)/C=C/c2ccccc2Cl)c1C#N. The van der Waals surface area contributed by atoms with Gasteiger partial charge in [-0.1, -0.05) is 29.8 Å². The Hall–Kier alpha value is -3.04. The normalized spacial score (nSPS) is 10.4. The third kappa shape index (κ3) is 3.65. The van der Waals surface area contributed by atoms with E-state index in [1.165, 1.54) is 26.2 Å². The number of furan rings is 1. The molecule has 122 valence electrons. The van der Waals surface area contributed by atoms with Crippen molar-refractivity contribution in [1.82, 2.24) is 0 Å². The zero-order chi connectivity index (χ0) is 17.7. The average Bonchev–Trinajstić information content (AvgIpc) is 2.88. The monoisotopic (exact) mass is 344 g/mol. The summed E-state index contributed by atoms with van der Waals surface area (Å²) in [5.74, 6) is -1.16. The number of esters is 1. The Labute approximate surface area is 143 Å². The van der Waals surface area contributed by atoms with Gasteiger partial charge in [-0.3, -0.25) is 10.1 Å². The molecule has 1 aromatic carbocycles. The van der Waals surface area contributed by atoms with E-state index in [1.807, 2.05) is 6.07 Å². The predicted octanol–water partition coefficient (Wildman–Crippen LogP) is 3.55. The Bertz CT molecular complexity index is 862. The highest BCUT2D eigenvalue weighted by molar-refractivity contribution is 6.32. The minimum Gasteiger partial charge on any atom is -0.465 e. The summed E-state index contributed by atoms with van der Waals surface area (Å²) in [4.78, 5) is 23.7. The molecule has 1 amide bonds. The highest BCUT2D eigenvalue weighted by Crippen LogP contribution is 2.27. The molecule has 0 aliphatic heterocycles. The molecule has 0 atom stereocenters. The van der Waals surface area contributed by atoms with Crippen molar-refractivity contribution in [3.63, 3.8) is 0 Å². The molecule has 1 heterocycles. The molecule has 0 fully saturated rings. The second-order valence-electron chi connectivity index (χ2n) is 4.68. The number of hydrogen-bond donors (Lipinski definition) is 1. The summed E-state index contributed by atoms with van der Waals surface area (Å²) in [5, 5.41) is 12.1. The molecule has 0 aliphatic rings. The van der Waals surface area contributed by atoms with E-state index in [-0.39, 0.29) is 22.8 Å². The Morgan fingerprint density at radius 2 is 2.08 bits per heavy atom. The number of anilines is 1. The van der Waals surface area contributed by atoms with Crippen molar-refractivity contribution in [3.8, 4) is 6.07 Å². The molecule has 1 aromatic heterocycles. The van der Waals surface area contributed by atoms with E-state index in [2.05, 4.69) is 10.1 Å². The largest absolute Gasteiger partial charge is 0.465 e. The topological polar surface area (TPSA) is 92.3 Å². The lowest BCUT2D eigenvalue weighted by Gasteiger charge is -1.99. The molecule has 0 unspecified atom stereocenters. The van der Waals surface area contributed by atoms with Crippen molar-refractivity contribution in [2.75, 3.05) is 12.4 Å². The number of carbonyl (C=O) groups excluding carboxylic acids is 2. The van der Waals surface area contributed by atoms with E-state index in [9.17, 15) is 14.9 Å². The molecule has 6 nitrogen and oxygen atoms in total. The third-order valence-corrected chi connectivity index (χ3v) is 3.49. The first-order chi connectivity index (χ1) is 11.5. The Morgan fingerprint density at radius 3 is 2.71 bits per heavy atom. The van der Waals surface area contributed by atoms with Crippen LogP contribution in [0.1, 0.15) is 27.2 Å². The number of methoxy groups -OCH3 is 1. The number of ether oxygens (including phenoxy) is 1. The Balaban J connectivity index is 2.23. The lowest BCUT2D eigenvalue weighted by molar-refractivity contribution is -0.111. The van der Waals surface area contributed by atoms with Crippen LogP contribution in [-0.2, 0) is 9.53 Å². The van der Waals surface area contributed by atoms with Crippen LogP contribution in [0.2, 0.25) is 5.02 Å². The summed E-state index contributed by atoms with van der Waals surface area (Å²) < 4.78 is 9.90. The van der Waals surface area contributed by atoms with Crippen molar-refractivity contribution < 1.29 is 18.7 Å². The summed E-state index contributed by atoms with van der Waals surface area (Å²) in [6.45, 7) is 1.50. The summed E-state index contributed by atoms with van der Waals surface area (Å²) in [7, 11) is 1.19. The standard InChI is InChI=1S/C17H13ClN2O4/c1-10-15(17(22)23-2)12(9-19)16(24-10)20-14(21)8-7-11-5-3-4-6-13(11)18/h3-8H,1-2H3,(H,20,21)/b8-7+. The zero-order valence-corrected chi connectivity index (χ0v) is 13.7. The number of halogens is 1. The summed E-state index contributed by atoms with van der Waals surface area (Å²) >= 11 is 5.99. The van der Waals surface area contributed by atoms with Crippen molar-refractivity contribution in [2.24, 2.45) is 0 Å². The van der Waals surface area contributed by atoms with Crippen molar-refractivity contribution in [1.29, 1.82) is 5.26 Å². The number of hydrogen-bond acceptors (Lipinski definition) is 5. The fourth-order valence-corrected chi connectivity index (χ4v) is 2.22. The number of amides is 1. The van der Waals surface area contributed by atoms with E-state index in [1.54, 1.807) is 24.3 Å². The fraction of sp³-hybridized carbons (Fsp3) is 0.118. The van der Waals surface area contributed by atoms with Crippen LogP contribution in [0, 0.1) is 18.3 Å². The first-order valence-corrected chi connectivity index (χ1v) is 7.21. The number of aryl methyl sites for hydroxylation is 1. The second kappa shape index (κ2) is 7.49. The van der Waals surface area contributed by atoms with Crippen LogP contribution in [0.3, 0.4) is 0 Å². The van der Waals surface area contributed by atoms with Crippen LogP contribution in [0.5, 0.6) is 0 Å². The van der Waals surface area contributed by atoms with Gasteiger partial charge in [-0.05, 0) is 24.6 Å². The van der Waals surface area contributed by atoms with E-state index in [0.29, 0.717) is 10.6 Å². The minimum absolute atomic E-state index is 0.00890. The zero-order valence-electron chi connectivity index (χ0n) is 12.9. The lowest BCUT2D eigenvalue weighted by atomic mass is 10.1. The van der Waals surface area contributed by atoms with E-state index in [4.69, 9.17) is 16.0 Å². The maximum atomic E-state index is 12.0. The molecule has 7 heteroatoms. The van der Waals surface area contributed by atoms with Crippen molar-refractivity contribution >= 4 is 35.4 Å².